The Labute approximate surface area is 102 Å². The predicted octanol–water partition coefficient (Wildman–Crippen LogP) is 0.409. The SMILES string of the molecule is CNCc1c(C)nn(C)c1N(CCO)C1CC1. The molecule has 1 aliphatic rings. The Hall–Kier alpha value is -1.07. The molecular formula is C12H22N4O. The van der Waals surface area contributed by atoms with Gasteiger partial charge in [0.1, 0.15) is 5.82 Å². The Morgan fingerprint density at radius 1 is 1.53 bits per heavy atom. The van der Waals surface area contributed by atoms with Crippen LogP contribution >= 0.6 is 0 Å². The smallest absolute Gasteiger partial charge is 0.131 e. The fourth-order valence-electron chi connectivity index (χ4n) is 2.39. The molecule has 0 spiro atoms. The molecule has 0 aromatic carbocycles. The third kappa shape index (κ3) is 2.45. The molecular weight excluding hydrogens is 216 g/mol. The van der Waals surface area contributed by atoms with Crippen LogP contribution in [0, 0.1) is 6.92 Å². The van der Waals surface area contributed by atoms with Crippen molar-refractivity contribution < 1.29 is 5.11 Å². The van der Waals surface area contributed by atoms with Crippen molar-refractivity contribution in [2.75, 3.05) is 25.1 Å². The molecule has 5 nitrogen and oxygen atoms in total. The summed E-state index contributed by atoms with van der Waals surface area (Å²) in [4.78, 5) is 2.30. The van der Waals surface area contributed by atoms with Crippen molar-refractivity contribution in [3.05, 3.63) is 11.3 Å². The lowest BCUT2D eigenvalue weighted by Gasteiger charge is -2.25. The van der Waals surface area contributed by atoms with E-state index in [0.717, 1.165) is 18.1 Å². The lowest BCUT2D eigenvalue weighted by atomic mass is 10.2. The Morgan fingerprint density at radius 3 is 2.76 bits per heavy atom. The third-order valence-corrected chi connectivity index (χ3v) is 3.27. The summed E-state index contributed by atoms with van der Waals surface area (Å²) in [6.45, 7) is 3.75. The number of anilines is 1. The van der Waals surface area contributed by atoms with Crippen LogP contribution in [0.5, 0.6) is 0 Å². The first-order valence-corrected chi connectivity index (χ1v) is 6.23. The molecule has 1 saturated carbocycles. The van der Waals surface area contributed by atoms with Crippen molar-refractivity contribution in [1.29, 1.82) is 0 Å². The van der Waals surface area contributed by atoms with Gasteiger partial charge in [-0.2, -0.15) is 5.10 Å². The summed E-state index contributed by atoms with van der Waals surface area (Å²) >= 11 is 0. The molecule has 96 valence electrons. The standard InChI is InChI=1S/C12H22N4O/c1-9-11(8-13-2)12(15(3)14-9)16(6-7-17)10-4-5-10/h10,13,17H,4-8H2,1-3H3. The minimum atomic E-state index is 0.194. The van der Waals surface area contributed by atoms with Crippen LogP contribution in [0.1, 0.15) is 24.1 Å². The van der Waals surface area contributed by atoms with Crippen molar-refractivity contribution in [3.8, 4) is 0 Å². The molecule has 0 radical (unpaired) electrons. The molecule has 0 unspecified atom stereocenters. The maximum atomic E-state index is 9.21. The predicted molar refractivity (Wildman–Crippen MR) is 68.2 cm³/mol. The highest BCUT2D eigenvalue weighted by Crippen LogP contribution is 2.34. The Bertz CT molecular complexity index is 384. The van der Waals surface area contributed by atoms with Crippen LogP contribution in [0.15, 0.2) is 0 Å². The van der Waals surface area contributed by atoms with Crippen LogP contribution < -0.4 is 10.2 Å². The molecule has 1 heterocycles. The molecule has 17 heavy (non-hydrogen) atoms. The van der Waals surface area contributed by atoms with E-state index in [2.05, 4.69) is 15.3 Å². The van der Waals surface area contributed by atoms with Gasteiger partial charge < -0.3 is 15.3 Å². The number of nitrogens with zero attached hydrogens (tertiary/aromatic N) is 3. The van der Waals surface area contributed by atoms with Gasteiger partial charge in [-0.1, -0.05) is 0 Å². The molecule has 1 aromatic heterocycles. The van der Waals surface area contributed by atoms with Crippen molar-refractivity contribution in [2.45, 2.75) is 32.4 Å². The summed E-state index contributed by atoms with van der Waals surface area (Å²) in [7, 11) is 3.93. The third-order valence-electron chi connectivity index (χ3n) is 3.27. The van der Waals surface area contributed by atoms with E-state index in [-0.39, 0.29) is 6.61 Å². The summed E-state index contributed by atoms with van der Waals surface area (Å²) in [6.07, 6.45) is 2.45. The van der Waals surface area contributed by atoms with Crippen LogP contribution in [-0.2, 0) is 13.6 Å². The number of aryl methyl sites for hydroxylation is 2. The highest BCUT2D eigenvalue weighted by atomic mass is 16.3. The van der Waals surface area contributed by atoms with E-state index in [1.165, 1.54) is 18.4 Å². The van der Waals surface area contributed by atoms with Crippen LogP contribution in [0.2, 0.25) is 0 Å². The lowest BCUT2D eigenvalue weighted by molar-refractivity contribution is 0.300. The van der Waals surface area contributed by atoms with E-state index in [1.807, 2.05) is 25.7 Å². The van der Waals surface area contributed by atoms with E-state index in [0.29, 0.717) is 12.6 Å². The summed E-state index contributed by atoms with van der Waals surface area (Å²) < 4.78 is 1.94. The molecule has 1 aromatic rings. The van der Waals surface area contributed by atoms with Crippen LogP contribution in [0.25, 0.3) is 0 Å². The summed E-state index contributed by atoms with van der Waals surface area (Å²) in [6, 6.07) is 0.590. The molecule has 5 heteroatoms. The van der Waals surface area contributed by atoms with E-state index < -0.39 is 0 Å². The second-order valence-corrected chi connectivity index (χ2v) is 4.69. The van der Waals surface area contributed by atoms with E-state index in [1.54, 1.807) is 0 Å². The Balaban J connectivity index is 2.33. The number of rotatable bonds is 6. The monoisotopic (exact) mass is 238 g/mol. The number of hydrogen-bond acceptors (Lipinski definition) is 4. The molecule has 2 rings (SSSR count). The fraction of sp³-hybridized carbons (Fsp3) is 0.750. The first-order chi connectivity index (χ1) is 8.19. The molecule has 0 bridgehead atoms. The number of nitrogens with one attached hydrogen (secondary N) is 1. The van der Waals surface area contributed by atoms with Gasteiger partial charge in [-0.15, -0.1) is 0 Å². The van der Waals surface area contributed by atoms with Gasteiger partial charge in [-0.3, -0.25) is 4.68 Å². The minimum absolute atomic E-state index is 0.194. The highest BCUT2D eigenvalue weighted by molar-refractivity contribution is 5.52. The molecule has 0 amide bonds. The zero-order valence-electron chi connectivity index (χ0n) is 10.9. The second kappa shape index (κ2) is 5.06. The lowest BCUT2D eigenvalue weighted by Crippen LogP contribution is -2.32. The normalized spacial score (nSPS) is 15.3. The van der Waals surface area contributed by atoms with Gasteiger partial charge in [-0.25, -0.2) is 0 Å². The summed E-state index contributed by atoms with van der Waals surface area (Å²) in [5.74, 6) is 1.16. The van der Waals surface area contributed by atoms with Gasteiger partial charge in [0.2, 0.25) is 0 Å². The first-order valence-electron chi connectivity index (χ1n) is 6.23. The van der Waals surface area contributed by atoms with E-state index >= 15 is 0 Å². The van der Waals surface area contributed by atoms with Gasteiger partial charge in [-0.05, 0) is 26.8 Å². The van der Waals surface area contributed by atoms with Gasteiger partial charge >= 0.3 is 0 Å². The van der Waals surface area contributed by atoms with Gasteiger partial charge in [0, 0.05) is 31.7 Å². The van der Waals surface area contributed by atoms with Gasteiger partial charge in [0.25, 0.3) is 0 Å². The average Bonchev–Trinajstić information content (AvgIpc) is 3.06. The molecule has 1 fully saturated rings. The zero-order valence-corrected chi connectivity index (χ0v) is 10.9. The number of hydrogen-bond donors (Lipinski definition) is 2. The molecule has 1 aliphatic carbocycles. The highest BCUT2D eigenvalue weighted by Gasteiger charge is 2.32. The molecule has 0 saturated heterocycles. The molecule has 0 atom stereocenters. The topological polar surface area (TPSA) is 53.3 Å². The van der Waals surface area contributed by atoms with Crippen molar-refractivity contribution in [2.24, 2.45) is 7.05 Å². The van der Waals surface area contributed by atoms with Crippen LogP contribution in [0.3, 0.4) is 0 Å². The zero-order chi connectivity index (χ0) is 12.4. The maximum absolute atomic E-state index is 9.21. The van der Waals surface area contributed by atoms with Gasteiger partial charge in [0.05, 0.1) is 12.3 Å². The van der Waals surface area contributed by atoms with E-state index in [9.17, 15) is 5.11 Å². The summed E-state index contributed by atoms with van der Waals surface area (Å²) in [5.41, 5.74) is 2.32. The van der Waals surface area contributed by atoms with E-state index in [4.69, 9.17) is 0 Å². The van der Waals surface area contributed by atoms with Crippen molar-refractivity contribution >= 4 is 5.82 Å². The Kier molecular flexibility index (Phi) is 3.69. The number of aromatic nitrogens is 2. The fourth-order valence-corrected chi connectivity index (χ4v) is 2.39. The van der Waals surface area contributed by atoms with Crippen molar-refractivity contribution in [3.63, 3.8) is 0 Å². The van der Waals surface area contributed by atoms with Gasteiger partial charge in [0.15, 0.2) is 0 Å². The minimum Gasteiger partial charge on any atom is -0.395 e. The molecule has 0 aliphatic heterocycles. The largest absolute Gasteiger partial charge is 0.395 e. The van der Waals surface area contributed by atoms with Crippen LogP contribution in [-0.4, -0.2) is 41.1 Å². The molecule has 2 N–H and O–H groups in total. The number of aliphatic hydroxyl groups is 1. The van der Waals surface area contributed by atoms with Crippen LogP contribution in [0.4, 0.5) is 5.82 Å². The quantitative estimate of drug-likeness (QED) is 0.753. The number of aliphatic hydroxyl groups excluding tert-OH is 1. The maximum Gasteiger partial charge on any atom is 0.131 e. The van der Waals surface area contributed by atoms with Crippen molar-refractivity contribution in [1.82, 2.24) is 15.1 Å². The Morgan fingerprint density at radius 2 is 2.24 bits per heavy atom. The second-order valence-electron chi connectivity index (χ2n) is 4.69. The first kappa shape index (κ1) is 12.4. The summed E-state index contributed by atoms with van der Waals surface area (Å²) in [5, 5.41) is 16.9. The average molecular weight is 238 g/mol.